The molecule has 0 radical (unpaired) electrons. The van der Waals surface area contributed by atoms with Gasteiger partial charge in [-0.05, 0) is 43.3 Å². The van der Waals surface area contributed by atoms with Crippen LogP contribution >= 0.6 is 0 Å². The van der Waals surface area contributed by atoms with Crippen molar-refractivity contribution in [1.82, 2.24) is 5.43 Å². The van der Waals surface area contributed by atoms with Crippen LogP contribution in [-0.2, 0) is 4.79 Å². The van der Waals surface area contributed by atoms with Crippen LogP contribution in [0.15, 0.2) is 41.5 Å². The second-order valence-corrected chi connectivity index (χ2v) is 6.00. The molecule has 0 aliphatic rings. The fourth-order valence-electron chi connectivity index (χ4n) is 1.78. The Hall–Kier alpha value is -4.40. The van der Waals surface area contributed by atoms with Gasteiger partial charge in [0.2, 0.25) is 0 Å². The first kappa shape index (κ1) is 27.6. The van der Waals surface area contributed by atoms with Gasteiger partial charge in [-0.25, -0.2) is 8.78 Å². The fourth-order valence-corrected chi connectivity index (χ4v) is 1.78. The Bertz CT molecular complexity index is 1150. The van der Waals surface area contributed by atoms with Gasteiger partial charge >= 0.3 is 18.3 Å². The minimum atomic E-state index is -5.02. The average molecular weight is 492 g/mol. The first-order valence-electron chi connectivity index (χ1n) is 8.59. The lowest BCUT2D eigenvalue weighted by atomic mass is 10.2. The van der Waals surface area contributed by atoms with Crippen molar-refractivity contribution >= 4 is 23.0 Å². The lowest BCUT2D eigenvalue weighted by molar-refractivity contribution is -0.173. The molecule has 0 unspecified atom stereocenters. The predicted octanol–water partition coefficient (Wildman–Crippen LogP) is 4.75. The zero-order valence-electron chi connectivity index (χ0n) is 16.7. The molecule has 0 saturated heterocycles. The summed E-state index contributed by atoms with van der Waals surface area (Å²) >= 11 is 0. The molecule has 2 aromatic carbocycles. The lowest BCUT2D eigenvalue weighted by Crippen LogP contribution is -2.40. The van der Waals surface area contributed by atoms with Crippen LogP contribution < -0.4 is 16.3 Å². The maximum Gasteiger partial charge on any atom is 0.472 e. The van der Waals surface area contributed by atoms with Crippen LogP contribution in [0.25, 0.3) is 0 Å². The number of benzene rings is 2. The third-order valence-electron chi connectivity index (χ3n) is 3.51. The maximum absolute atomic E-state index is 12.9. The Kier molecular flexibility index (Phi) is 9.31. The number of carbonyl (C=O) groups excluding carboxylic acids is 1. The van der Waals surface area contributed by atoms with Crippen LogP contribution in [-0.4, -0.2) is 24.0 Å². The van der Waals surface area contributed by atoms with Gasteiger partial charge in [-0.2, -0.15) is 42.0 Å². The highest BCUT2D eigenvalue weighted by Crippen LogP contribution is 2.19. The molecule has 0 aromatic heterocycles. The van der Waals surface area contributed by atoms with E-state index >= 15 is 0 Å². The summed E-state index contributed by atoms with van der Waals surface area (Å²) in [5.74, 6) is -3.74. The summed E-state index contributed by atoms with van der Waals surface area (Å²) < 4.78 is 97.4. The maximum atomic E-state index is 12.9. The number of hydrogen-bond acceptors (Lipinski definition) is 6. The van der Waals surface area contributed by atoms with Crippen molar-refractivity contribution in [2.24, 2.45) is 5.10 Å². The van der Waals surface area contributed by atoms with Gasteiger partial charge in [0.1, 0.15) is 29.5 Å². The number of amides is 1. The second kappa shape index (κ2) is 11.5. The molecule has 15 heteroatoms. The summed E-state index contributed by atoms with van der Waals surface area (Å²) in [4.78, 5) is 10.4. The van der Waals surface area contributed by atoms with E-state index in [9.17, 15) is 39.9 Å². The highest BCUT2D eigenvalue weighted by atomic mass is 19.4. The second-order valence-electron chi connectivity index (χ2n) is 6.00. The molecular weight excluding hydrogens is 480 g/mol. The molecule has 1 amide bonds. The van der Waals surface area contributed by atoms with Crippen molar-refractivity contribution in [2.45, 2.75) is 19.3 Å². The van der Waals surface area contributed by atoms with Crippen LogP contribution in [0.5, 0.6) is 0 Å². The number of nitrogens with zero attached hydrogens (tertiary/aromatic N) is 3. The van der Waals surface area contributed by atoms with Gasteiger partial charge in [0, 0.05) is 0 Å². The van der Waals surface area contributed by atoms with Crippen LogP contribution in [0.1, 0.15) is 18.1 Å². The summed E-state index contributed by atoms with van der Waals surface area (Å²) in [5.41, 5.74) is 3.76. The quantitative estimate of drug-likeness (QED) is 0.324. The SMILES string of the molecule is C/C(=N\Nc1ccc(F)c(C#N)c1)C(F)(F)F.N#Cc1cc(NNC(=O)C(F)(F)F)ccc1F. The van der Waals surface area contributed by atoms with E-state index in [0.717, 1.165) is 37.3 Å². The van der Waals surface area contributed by atoms with Crippen molar-refractivity contribution in [3.63, 3.8) is 0 Å². The molecule has 2 aromatic rings. The molecule has 0 heterocycles. The molecule has 0 spiro atoms. The van der Waals surface area contributed by atoms with E-state index in [1.807, 2.05) is 5.43 Å². The van der Waals surface area contributed by atoms with Crippen LogP contribution in [0, 0.1) is 34.3 Å². The standard InChI is InChI=1S/C10H7F4N3.C9H5F4N3O/c1-6(10(12,13)14)16-17-8-2-3-9(11)7(4-8)5-15;10-7-2-1-6(3-5(7)4-14)15-16-8(17)9(11,12)13/h2-4,17H,1H3;1-3,15H,(H,16,17)/b16-6+;. The Morgan fingerprint density at radius 2 is 1.32 bits per heavy atom. The molecule has 180 valence electrons. The number of alkyl halides is 6. The molecule has 0 bridgehead atoms. The van der Waals surface area contributed by atoms with E-state index in [1.54, 1.807) is 6.07 Å². The van der Waals surface area contributed by atoms with Gasteiger partial charge in [0.25, 0.3) is 0 Å². The molecule has 0 fully saturated rings. The van der Waals surface area contributed by atoms with E-state index < -0.39 is 35.6 Å². The molecule has 0 atom stereocenters. The first-order valence-corrected chi connectivity index (χ1v) is 8.59. The van der Waals surface area contributed by atoms with Crippen LogP contribution in [0.3, 0.4) is 0 Å². The number of anilines is 2. The molecular formula is C19H12F8N6O. The van der Waals surface area contributed by atoms with Crippen LogP contribution in [0.2, 0.25) is 0 Å². The number of hydrazone groups is 1. The normalized spacial score (nSPS) is 11.3. The highest BCUT2D eigenvalue weighted by molar-refractivity contribution is 5.87. The Morgan fingerprint density at radius 3 is 1.76 bits per heavy atom. The minimum Gasteiger partial charge on any atom is -0.298 e. The van der Waals surface area contributed by atoms with Crippen molar-refractivity contribution < 1.29 is 39.9 Å². The molecule has 0 aliphatic carbocycles. The Labute approximate surface area is 186 Å². The van der Waals surface area contributed by atoms with Gasteiger partial charge in [-0.1, -0.05) is 0 Å². The van der Waals surface area contributed by atoms with E-state index in [4.69, 9.17) is 10.5 Å². The first-order chi connectivity index (χ1) is 15.7. The van der Waals surface area contributed by atoms with Crippen molar-refractivity contribution in [3.05, 3.63) is 59.2 Å². The van der Waals surface area contributed by atoms with E-state index in [-0.39, 0.29) is 22.5 Å². The molecule has 3 N–H and O–H groups in total. The summed E-state index contributed by atoms with van der Waals surface area (Å²) in [6, 6.07) is 9.23. The minimum absolute atomic E-state index is 0.0412. The lowest BCUT2D eigenvalue weighted by Gasteiger charge is -2.10. The van der Waals surface area contributed by atoms with Gasteiger partial charge in [0.05, 0.1) is 22.5 Å². The summed E-state index contributed by atoms with van der Waals surface area (Å²) in [7, 11) is 0. The number of nitrogens with one attached hydrogen (secondary N) is 3. The zero-order valence-corrected chi connectivity index (χ0v) is 16.7. The van der Waals surface area contributed by atoms with E-state index in [0.29, 0.717) is 0 Å². The molecule has 0 saturated carbocycles. The molecule has 0 aliphatic heterocycles. The van der Waals surface area contributed by atoms with Gasteiger partial charge in [-0.3, -0.25) is 21.1 Å². The smallest absolute Gasteiger partial charge is 0.298 e. The summed E-state index contributed by atoms with van der Waals surface area (Å²) in [5, 5.41) is 20.1. The van der Waals surface area contributed by atoms with Crippen molar-refractivity contribution in [3.8, 4) is 12.1 Å². The Morgan fingerprint density at radius 1 is 0.853 bits per heavy atom. The van der Waals surface area contributed by atoms with Gasteiger partial charge < -0.3 is 0 Å². The van der Waals surface area contributed by atoms with E-state index in [1.165, 1.54) is 17.6 Å². The predicted molar refractivity (Wildman–Crippen MR) is 103 cm³/mol. The average Bonchev–Trinajstić information content (AvgIpc) is 2.76. The number of halogens is 8. The number of nitriles is 2. The van der Waals surface area contributed by atoms with Crippen LogP contribution in [0.4, 0.5) is 46.5 Å². The van der Waals surface area contributed by atoms with Crippen molar-refractivity contribution in [2.75, 3.05) is 10.9 Å². The highest BCUT2D eigenvalue weighted by Gasteiger charge is 2.38. The number of carbonyl (C=O) groups is 1. The van der Waals surface area contributed by atoms with Gasteiger partial charge in [-0.15, -0.1) is 0 Å². The largest absolute Gasteiger partial charge is 0.472 e. The third kappa shape index (κ3) is 8.62. The number of rotatable bonds is 4. The molecule has 2 rings (SSSR count). The Balaban J connectivity index is 0.000000340. The topological polar surface area (TPSA) is 113 Å². The fraction of sp³-hybridized carbons (Fsp3) is 0.158. The van der Waals surface area contributed by atoms with Crippen molar-refractivity contribution in [1.29, 1.82) is 10.5 Å². The number of hydrogen-bond donors (Lipinski definition) is 3. The zero-order chi connectivity index (χ0) is 26.1. The van der Waals surface area contributed by atoms with Gasteiger partial charge in [0.15, 0.2) is 0 Å². The summed E-state index contributed by atoms with van der Waals surface area (Å²) in [6.07, 6.45) is -9.55. The summed E-state index contributed by atoms with van der Waals surface area (Å²) in [6.45, 7) is 0.793. The monoisotopic (exact) mass is 492 g/mol. The number of hydrazine groups is 1. The molecule has 7 nitrogen and oxygen atoms in total. The third-order valence-corrected chi connectivity index (χ3v) is 3.51. The molecule has 34 heavy (non-hydrogen) atoms. The van der Waals surface area contributed by atoms with E-state index in [2.05, 4.69) is 10.5 Å².